The lowest BCUT2D eigenvalue weighted by atomic mass is 10.1. The second-order valence-electron chi connectivity index (χ2n) is 8.16. The Morgan fingerprint density at radius 3 is 2.71 bits per heavy atom. The molecule has 0 unspecified atom stereocenters. The molecule has 35 heavy (non-hydrogen) atoms. The molecule has 178 valence electrons. The van der Waals surface area contributed by atoms with Gasteiger partial charge in [-0.15, -0.1) is 11.3 Å². The van der Waals surface area contributed by atoms with E-state index >= 15 is 0 Å². The lowest BCUT2D eigenvalue weighted by Gasteiger charge is -2.12. The van der Waals surface area contributed by atoms with Crippen LogP contribution in [0, 0.1) is 0 Å². The summed E-state index contributed by atoms with van der Waals surface area (Å²) in [4.78, 5) is 38.2. The third kappa shape index (κ3) is 5.63. The number of aromatic nitrogens is 4. The number of imidazole rings is 1. The molecule has 9 heteroatoms. The molecule has 1 amide bonds. The van der Waals surface area contributed by atoms with Crippen LogP contribution >= 0.6 is 23.1 Å². The third-order valence-corrected chi connectivity index (χ3v) is 7.55. The topological polar surface area (TPSA) is 92.7 Å². The number of nitrogens with one attached hydrogen (secondary N) is 2. The zero-order valence-corrected chi connectivity index (χ0v) is 20.7. The molecule has 5 rings (SSSR count). The Balaban J connectivity index is 1.22. The Kier molecular flexibility index (Phi) is 7.25. The average molecular weight is 504 g/mol. The molecule has 0 aliphatic heterocycles. The molecule has 3 heterocycles. The van der Waals surface area contributed by atoms with Crippen molar-refractivity contribution in [3.63, 3.8) is 0 Å². The number of thioether (sulfide) groups is 1. The van der Waals surface area contributed by atoms with Gasteiger partial charge in [0, 0.05) is 19.5 Å². The molecule has 0 spiro atoms. The average Bonchev–Trinajstić information content (AvgIpc) is 3.52. The van der Waals surface area contributed by atoms with Gasteiger partial charge in [0.25, 0.3) is 5.56 Å². The zero-order chi connectivity index (χ0) is 24.0. The Bertz CT molecular complexity index is 1470. The molecule has 2 aromatic carbocycles. The summed E-state index contributed by atoms with van der Waals surface area (Å²) in [5, 5.41) is 5.50. The summed E-state index contributed by atoms with van der Waals surface area (Å²) >= 11 is 2.88. The molecule has 0 saturated carbocycles. The first kappa shape index (κ1) is 23.3. The molecule has 0 atom stereocenters. The molecule has 0 bridgehead atoms. The SMILES string of the molecule is O=C(CCCn1c(SCc2nc3ccccc3[nH]2)nc2ccsc2c1=O)NCCc1ccccc1. The summed E-state index contributed by atoms with van der Waals surface area (Å²) in [5.41, 5.74) is 3.75. The maximum absolute atomic E-state index is 13.2. The predicted octanol–water partition coefficient (Wildman–Crippen LogP) is 4.77. The van der Waals surface area contributed by atoms with E-state index < -0.39 is 0 Å². The van der Waals surface area contributed by atoms with Crippen LogP contribution < -0.4 is 10.9 Å². The second-order valence-corrected chi connectivity index (χ2v) is 10.0. The number of rotatable bonds is 10. The van der Waals surface area contributed by atoms with Crippen molar-refractivity contribution in [2.75, 3.05) is 6.54 Å². The van der Waals surface area contributed by atoms with Crippen LogP contribution in [0.15, 0.2) is 76.0 Å². The van der Waals surface area contributed by atoms with E-state index in [1.807, 2.05) is 53.9 Å². The molecule has 5 aromatic rings. The van der Waals surface area contributed by atoms with Crippen LogP contribution in [-0.4, -0.2) is 32.0 Å². The Morgan fingerprint density at radius 2 is 1.86 bits per heavy atom. The molecule has 7 nitrogen and oxygen atoms in total. The number of hydrogen-bond acceptors (Lipinski definition) is 6. The Morgan fingerprint density at radius 1 is 1.03 bits per heavy atom. The van der Waals surface area contributed by atoms with Crippen molar-refractivity contribution in [1.82, 2.24) is 24.8 Å². The normalized spacial score (nSPS) is 11.3. The molecule has 0 saturated heterocycles. The van der Waals surface area contributed by atoms with Gasteiger partial charge in [-0.3, -0.25) is 14.2 Å². The molecule has 0 radical (unpaired) electrons. The minimum atomic E-state index is -0.0541. The van der Waals surface area contributed by atoms with Gasteiger partial charge in [0.15, 0.2) is 5.16 Å². The van der Waals surface area contributed by atoms with Crippen molar-refractivity contribution in [2.24, 2.45) is 0 Å². The van der Waals surface area contributed by atoms with Gasteiger partial charge in [-0.05, 0) is 42.0 Å². The number of thiophene rings is 1. The Labute approximate surface area is 210 Å². The lowest BCUT2D eigenvalue weighted by molar-refractivity contribution is -0.121. The standard InChI is InChI=1S/C26H25N5O2S2/c32-23(27-14-12-18-7-2-1-3-8-18)11-6-15-31-25(33)24-21(13-16-34-24)30-26(31)35-17-22-28-19-9-4-5-10-20(19)29-22/h1-5,7-10,13,16H,6,11-12,14-15,17H2,(H,27,32)(H,28,29). The van der Waals surface area contributed by atoms with E-state index in [0.717, 1.165) is 23.3 Å². The first-order valence-electron chi connectivity index (χ1n) is 11.5. The number of benzene rings is 2. The van der Waals surface area contributed by atoms with Crippen LogP contribution in [-0.2, 0) is 23.5 Å². The fourth-order valence-corrected chi connectivity index (χ4v) is 5.59. The van der Waals surface area contributed by atoms with E-state index in [9.17, 15) is 9.59 Å². The van der Waals surface area contributed by atoms with Gasteiger partial charge in [0.05, 0.1) is 22.3 Å². The van der Waals surface area contributed by atoms with E-state index in [2.05, 4.69) is 27.4 Å². The highest BCUT2D eigenvalue weighted by atomic mass is 32.2. The van der Waals surface area contributed by atoms with Crippen molar-refractivity contribution in [1.29, 1.82) is 0 Å². The van der Waals surface area contributed by atoms with Crippen LogP contribution in [0.5, 0.6) is 0 Å². The van der Waals surface area contributed by atoms with E-state index in [-0.39, 0.29) is 11.5 Å². The van der Waals surface area contributed by atoms with Crippen LogP contribution in [0.3, 0.4) is 0 Å². The zero-order valence-electron chi connectivity index (χ0n) is 19.1. The van der Waals surface area contributed by atoms with Crippen LogP contribution in [0.1, 0.15) is 24.2 Å². The quantitative estimate of drug-likeness (QED) is 0.212. The highest BCUT2D eigenvalue weighted by Gasteiger charge is 2.14. The van der Waals surface area contributed by atoms with Crippen molar-refractivity contribution in [2.45, 2.75) is 36.7 Å². The minimum absolute atomic E-state index is 0.00406. The van der Waals surface area contributed by atoms with Crippen molar-refractivity contribution in [3.05, 3.63) is 87.8 Å². The van der Waals surface area contributed by atoms with Crippen LogP contribution in [0.25, 0.3) is 21.3 Å². The van der Waals surface area contributed by atoms with E-state index in [0.29, 0.717) is 47.1 Å². The lowest BCUT2D eigenvalue weighted by Crippen LogP contribution is -2.27. The van der Waals surface area contributed by atoms with E-state index in [4.69, 9.17) is 4.98 Å². The molecule has 0 aliphatic carbocycles. The molecule has 3 aromatic heterocycles. The summed E-state index contributed by atoms with van der Waals surface area (Å²) in [6.45, 7) is 1.04. The van der Waals surface area contributed by atoms with Crippen molar-refractivity contribution < 1.29 is 4.79 Å². The summed E-state index contributed by atoms with van der Waals surface area (Å²) < 4.78 is 2.34. The third-order valence-electron chi connectivity index (χ3n) is 5.67. The van der Waals surface area contributed by atoms with E-state index in [1.54, 1.807) is 4.57 Å². The molecular formula is C26H25N5O2S2. The second kappa shape index (κ2) is 10.9. The monoisotopic (exact) mass is 503 g/mol. The summed E-state index contributed by atoms with van der Waals surface area (Å²) in [7, 11) is 0. The van der Waals surface area contributed by atoms with Gasteiger partial charge >= 0.3 is 0 Å². The van der Waals surface area contributed by atoms with Gasteiger partial charge in [0.2, 0.25) is 5.91 Å². The Hall–Kier alpha value is -3.43. The van der Waals surface area contributed by atoms with Crippen LogP contribution in [0.2, 0.25) is 0 Å². The first-order chi connectivity index (χ1) is 17.2. The minimum Gasteiger partial charge on any atom is -0.356 e. The number of H-pyrrole nitrogens is 1. The molecule has 0 aliphatic rings. The fraction of sp³-hybridized carbons (Fsp3) is 0.231. The molecule has 0 fully saturated rings. The van der Waals surface area contributed by atoms with Gasteiger partial charge in [0.1, 0.15) is 10.5 Å². The summed E-state index contributed by atoms with van der Waals surface area (Å²) in [6.07, 6.45) is 1.72. The van der Waals surface area contributed by atoms with Gasteiger partial charge in [-0.1, -0.05) is 54.2 Å². The number of para-hydroxylation sites is 2. The van der Waals surface area contributed by atoms with Crippen molar-refractivity contribution in [3.8, 4) is 0 Å². The maximum atomic E-state index is 13.2. The summed E-state index contributed by atoms with van der Waals surface area (Å²) in [6, 6.07) is 19.8. The smallest absolute Gasteiger partial charge is 0.272 e. The van der Waals surface area contributed by atoms with Gasteiger partial charge in [-0.2, -0.15) is 0 Å². The number of amides is 1. The molecular weight excluding hydrogens is 478 g/mol. The number of nitrogens with zero attached hydrogens (tertiary/aromatic N) is 3. The van der Waals surface area contributed by atoms with Crippen molar-refractivity contribution >= 4 is 50.3 Å². The highest BCUT2D eigenvalue weighted by molar-refractivity contribution is 7.98. The number of carbonyl (C=O) groups excluding carboxylic acids is 1. The maximum Gasteiger partial charge on any atom is 0.272 e. The summed E-state index contributed by atoms with van der Waals surface area (Å²) in [5.74, 6) is 1.40. The number of aromatic amines is 1. The van der Waals surface area contributed by atoms with E-state index in [1.165, 1.54) is 28.7 Å². The number of fused-ring (bicyclic) bond motifs is 2. The van der Waals surface area contributed by atoms with Crippen LogP contribution in [0.4, 0.5) is 0 Å². The van der Waals surface area contributed by atoms with Gasteiger partial charge in [-0.25, -0.2) is 9.97 Å². The predicted molar refractivity (Wildman–Crippen MR) is 142 cm³/mol. The van der Waals surface area contributed by atoms with Gasteiger partial charge < -0.3 is 10.3 Å². The highest BCUT2D eigenvalue weighted by Crippen LogP contribution is 2.24. The first-order valence-corrected chi connectivity index (χ1v) is 13.4. The largest absolute Gasteiger partial charge is 0.356 e. The number of carbonyl (C=O) groups is 1. The number of hydrogen-bond donors (Lipinski definition) is 2. The molecule has 2 N–H and O–H groups in total. The fourth-order valence-electron chi connectivity index (χ4n) is 3.91.